The number of anilines is 2. The van der Waals surface area contributed by atoms with Crippen molar-refractivity contribution in [3.05, 3.63) is 112 Å². The van der Waals surface area contributed by atoms with Gasteiger partial charge in [0.1, 0.15) is 5.69 Å². The van der Waals surface area contributed by atoms with Gasteiger partial charge in [-0.2, -0.15) is 0 Å². The van der Waals surface area contributed by atoms with Gasteiger partial charge in [-0.25, -0.2) is 4.68 Å². The van der Waals surface area contributed by atoms with Gasteiger partial charge >= 0.3 is 0 Å². The van der Waals surface area contributed by atoms with E-state index >= 15 is 0 Å². The van der Waals surface area contributed by atoms with E-state index in [9.17, 15) is 14.4 Å². The van der Waals surface area contributed by atoms with E-state index in [4.69, 9.17) is 0 Å². The highest BCUT2D eigenvalue weighted by atomic mass is 16.2. The van der Waals surface area contributed by atoms with E-state index < -0.39 is 5.91 Å². The minimum atomic E-state index is -0.426. The second-order valence-electron chi connectivity index (χ2n) is 8.71. The van der Waals surface area contributed by atoms with E-state index in [-0.39, 0.29) is 23.1 Å². The van der Waals surface area contributed by atoms with Gasteiger partial charge in [0.2, 0.25) is 5.91 Å². The molecule has 4 aromatic rings. The minimum absolute atomic E-state index is 0.120. The number of carbonyl (C=O) groups excluding carboxylic acids is 2. The molecule has 0 aliphatic carbocycles. The largest absolute Gasteiger partial charge is 0.326 e. The lowest BCUT2D eigenvalue weighted by Gasteiger charge is -2.17. The van der Waals surface area contributed by atoms with Crippen LogP contribution >= 0.6 is 0 Å². The average molecular weight is 483 g/mol. The second kappa shape index (κ2) is 10.9. The van der Waals surface area contributed by atoms with Crippen LogP contribution in [0.25, 0.3) is 5.69 Å². The van der Waals surface area contributed by atoms with E-state index in [1.54, 1.807) is 42.9 Å². The normalized spacial score (nSPS) is 11.6. The summed E-state index contributed by atoms with van der Waals surface area (Å²) in [5.41, 5.74) is 3.06. The third-order valence-electron chi connectivity index (χ3n) is 6.28. The molecular weight excluding hydrogens is 452 g/mol. The van der Waals surface area contributed by atoms with Crippen LogP contribution < -0.4 is 16.2 Å². The van der Waals surface area contributed by atoms with E-state index in [1.165, 1.54) is 4.68 Å². The van der Waals surface area contributed by atoms with Crippen molar-refractivity contribution in [3.63, 3.8) is 0 Å². The van der Waals surface area contributed by atoms with Crippen LogP contribution in [-0.4, -0.2) is 21.2 Å². The van der Waals surface area contributed by atoms with Crippen LogP contribution in [-0.2, 0) is 11.8 Å². The Kier molecular flexibility index (Phi) is 7.49. The van der Waals surface area contributed by atoms with Crippen molar-refractivity contribution in [2.75, 3.05) is 10.6 Å². The summed E-state index contributed by atoms with van der Waals surface area (Å²) in [7, 11) is 1.77. The number of para-hydroxylation sites is 1. The third kappa shape index (κ3) is 5.15. The molecule has 36 heavy (non-hydrogen) atoms. The Morgan fingerprint density at radius 1 is 0.889 bits per heavy atom. The van der Waals surface area contributed by atoms with Gasteiger partial charge in [-0.05, 0) is 49.2 Å². The number of hydrogen-bond acceptors (Lipinski definition) is 3. The second-order valence-corrected chi connectivity index (χ2v) is 8.71. The first-order valence-corrected chi connectivity index (χ1v) is 12.0. The molecule has 0 fully saturated rings. The number of hydrogen-bond donors (Lipinski definition) is 2. The van der Waals surface area contributed by atoms with E-state index in [2.05, 4.69) is 10.6 Å². The monoisotopic (exact) mass is 482 g/mol. The quantitative estimate of drug-likeness (QED) is 0.359. The van der Waals surface area contributed by atoms with Crippen molar-refractivity contribution >= 4 is 23.2 Å². The topological polar surface area (TPSA) is 85.1 Å². The van der Waals surface area contributed by atoms with E-state index in [1.807, 2.05) is 67.6 Å². The molecular formula is C29H30N4O3. The number of benzene rings is 3. The minimum Gasteiger partial charge on any atom is -0.326 e. The first-order valence-electron chi connectivity index (χ1n) is 12.0. The molecule has 1 heterocycles. The Morgan fingerprint density at radius 3 is 2.22 bits per heavy atom. The molecule has 184 valence electrons. The van der Waals surface area contributed by atoms with E-state index in [0.29, 0.717) is 22.6 Å². The molecule has 0 aliphatic heterocycles. The van der Waals surface area contributed by atoms with Crippen molar-refractivity contribution in [1.29, 1.82) is 0 Å². The molecule has 0 aliphatic rings. The van der Waals surface area contributed by atoms with Gasteiger partial charge in [0.25, 0.3) is 11.5 Å². The number of amides is 2. The molecule has 7 heteroatoms. The van der Waals surface area contributed by atoms with Crippen LogP contribution in [0.5, 0.6) is 0 Å². The predicted octanol–water partition coefficient (Wildman–Crippen LogP) is 5.26. The Bertz CT molecular complexity index is 1420. The molecule has 0 saturated carbocycles. The molecule has 3 aromatic carbocycles. The summed E-state index contributed by atoms with van der Waals surface area (Å²) in [6.45, 7) is 3.83. The SMILES string of the molecule is CCCC(C(=O)Nc1cccc(C(=O)Nc2c(C)n(C)n(-c3ccccc3)c2=O)c1)c1ccccc1. The fourth-order valence-electron chi connectivity index (χ4n) is 4.29. The number of nitrogens with zero attached hydrogens (tertiary/aromatic N) is 2. The summed E-state index contributed by atoms with van der Waals surface area (Å²) >= 11 is 0. The molecule has 0 spiro atoms. The van der Waals surface area contributed by atoms with Crippen molar-refractivity contribution in [3.8, 4) is 5.69 Å². The molecule has 4 rings (SSSR count). The molecule has 1 unspecified atom stereocenters. The van der Waals surface area contributed by atoms with Gasteiger partial charge in [-0.3, -0.25) is 19.1 Å². The van der Waals surface area contributed by atoms with Crippen LogP contribution in [0.1, 0.15) is 47.3 Å². The highest BCUT2D eigenvalue weighted by Crippen LogP contribution is 2.24. The van der Waals surface area contributed by atoms with Crippen LogP contribution in [0, 0.1) is 6.92 Å². The molecule has 0 saturated heterocycles. The van der Waals surface area contributed by atoms with Gasteiger partial charge in [-0.1, -0.05) is 67.9 Å². The third-order valence-corrected chi connectivity index (χ3v) is 6.28. The standard InChI is InChI=1S/C29H30N4O3/c1-4-12-25(21-13-7-5-8-14-21)28(35)30-23-16-11-15-22(19-23)27(34)31-26-20(2)32(3)33(29(26)36)24-17-9-6-10-18-24/h5-11,13-19,25H,4,12H2,1-3H3,(H,30,35)(H,31,34). The molecule has 1 aromatic heterocycles. The lowest BCUT2D eigenvalue weighted by molar-refractivity contribution is -0.117. The molecule has 2 amide bonds. The zero-order valence-electron chi connectivity index (χ0n) is 20.7. The first kappa shape index (κ1) is 24.7. The highest BCUT2D eigenvalue weighted by molar-refractivity contribution is 6.05. The molecule has 7 nitrogen and oxygen atoms in total. The van der Waals surface area contributed by atoms with Crippen LogP contribution in [0.15, 0.2) is 89.7 Å². The Hall–Kier alpha value is -4.39. The molecule has 1 atom stereocenters. The maximum Gasteiger partial charge on any atom is 0.295 e. The van der Waals surface area contributed by atoms with Gasteiger partial charge < -0.3 is 10.6 Å². The fraction of sp³-hybridized carbons (Fsp3) is 0.207. The number of rotatable bonds is 8. The molecule has 0 bridgehead atoms. The first-order chi connectivity index (χ1) is 17.4. The summed E-state index contributed by atoms with van der Waals surface area (Å²) < 4.78 is 3.22. The van der Waals surface area contributed by atoms with Gasteiger partial charge in [-0.15, -0.1) is 0 Å². The number of aromatic nitrogens is 2. The van der Waals surface area contributed by atoms with Crippen molar-refractivity contribution in [2.45, 2.75) is 32.6 Å². The Balaban J connectivity index is 1.54. The van der Waals surface area contributed by atoms with Crippen molar-refractivity contribution in [1.82, 2.24) is 9.36 Å². The zero-order chi connectivity index (χ0) is 25.7. The maximum atomic E-state index is 13.1. The lowest BCUT2D eigenvalue weighted by atomic mass is 9.93. The summed E-state index contributed by atoms with van der Waals surface area (Å²) in [5, 5.41) is 5.72. The Labute approximate surface area is 210 Å². The zero-order valence-corrected chi connectivity index (χ0v) is 20.7. The van der Waals surface area contributed by atoms with Gasteiger partial charge in [0.05, 0.1) is 17.3 Å². The average Bonchev–Trinajstić information content (AvgIpc) is 3.11. The lowest BCUT2D eigenvalue weighted by Crippen LogP contribution is -2.23. The van der Waals surface area contributed by atoms with Crippen LogP contribution in [0.3, 0.4) is 0 Å². The van der Waals surface area contributed by atoms with Crippen LogP contribution in [0.2, 0.25) is 0 Å². The summed E-state index contributed by atoms with van der Waals surface area (Å²) in [5.74, 6) is -0.826. The van der Waals surface area contributed by atoms with Gasteiger partial charge in [0.15, 0.2) is 0 Å². The summed E-state index contributed by atoms with van der Waals surface area (Å²) in [6, 6.07) is 25.7. The van der Waals surface area contributed by atoms with Crippen LogP contribution in [0.4, 0.5) is 11.4 Å². The van der Waals surface area contributed by atoms with E-state index in [0.717, 1.165) is 18.4 Å². The predicted molar refractivity (Wildman–Crippen MR) is 143 cm³/mol. The summed E-state index contributed by atoms with van der Waals surface area (Å²) in [6.07, 6.45) is 1.59. The highest BCUT2D eigenvalue weighted by Gasteiger charge is 2.21. The Morgan fingerprint density at radius 2 is 1.56 bits per heavy atom. The fourth-order valence-corrected chi connectivity index (χ4v) is 4.29. The summed E-state index contributed by atoms with van der Waals surface area (Å²) in [4.78, 5) is 39.3. The van der Waals surface area contributed by atoms with Crippen molar-refractivity contribution in [2.24, 2.45) is 7.05 Å². The molecule has 2 N–H and O–H groups in total. The maximum absolute atomic E-state index is 13.1. The number of nitrogens with one attached hydrogen (secondary N) is 2. The smallest absolute Gasteiger partial charge is 0.295 e. The molecule has 0 radical (unpaired) electrons. The number of carbonyl (C=O) groups is 2. The van der Waals surface area contributed by atoms with Gasteiger partial charge in [0, 0.05) is 18.3 Å². The van der Waals surface area contributed by atoms with Crippen molar-refractivity contribution < 1.29 is 9.59 Å².